The Balaban J connectivity index is 1.42. The van der Waals surface area contributed by atoms with Crippen molar-refractivity contribution in [2.24, 2.45) is 0 Å². The Morgan fingerprint density at radius 2 is 1.48 bits per heavy atom. The highest BCUT2D eigenvalue weighted by Crippen LogP contribution is 2.35. The predicted octanol–water partition coefficient (Wildman–Crippen LogP) is -2.33. The Morgan fingerprint density at radius 3 is 2.16 bits per heavy atom. The van der Waals surface area contributed by atoms with Gasteiger partial charge in [-0.05, 0) is 6.92 Å². The van der Waals surface area contributed by atoms with E-state index in [9.17, 15) is 30.6 Å². The lowest BCUT2D eigenvalue weighted by molar-refractivity contribution is -0.399. The van der Waals surface area contributed by atoms with Crippen LogP contribution in [0.5, 0.6) is 0 Å². The lowest BCUT2D eigenvalue weighted by Gasteiger charge is -2.48. The van der Waals surface area contributed by atoms with Gasteiger partial charge in [-0.3, -0.25) is 0 Å². The van der Waals surface area contributed by atoms with Crippen molar-refractivity contribution in [3.8, 4) is 0 Å². The highest BCUT2D eigenvalue weighted by atomic mass is 16.8. The molecule has 11 nitrogen and oxygen atoms in total. The van der Waals surface area contributed by atoms with Crippen molar-refractivity contribution >= 4 is 0 Å². The van der Waals surface area contributed by atoms with E-state index in [1.807, 2.05) is 31.2 Å². The maximum atomic E-state index is 10.6. The van der Waals surface area contributed by atoms with Crippen LogP contribution in [0.3, 0.4) is 0 Å². The summed E-state index contributed by atoms with van der Waals surface area (Å²) in [6.07, 6.45) is -14.4. The van der Waals surface area contributed by atoms with Gasteiger partial charge in [-0.2, -0.15) is 0 Å². The molecule has 0 radical (unpaired) electrons. The second-order valence-electron chi connectivity index (χ2n) is 8.03. The molecule has 4 rings (SSSR count). The lowest BCUT2D eigenvalue weighted by atomic mass is 9.97. The van der Waals surface area contributed by atoms with Gasteiger partial charge in [0.05, 0.1) is 13.2 Å². The van der Waals surface area contributed by atoms with Crippen LogP contribution in [0.15, 0.2) is 24.3 Å². The van der Waals surface area contributed by atoms with Gasteiger partial charge >= 0.3 is 0 Å². The van der Waals surface area contributed by atoms with Gasteiger partial charge in [0.2, 0.25) is 0 Å². The first-order valence-corrected chi connectivity index (χ1v) is 10.1. The van der Waals surface area contributed by atoms with E-state index in [0.717, 1.165) is 11.1 Å². The molecule has 1 aromatic carbocycles. The van der Waals surface area contributed by atoms with Crippen LogP contribution in [0, 0.1) is 6.92 Å². The van der Waals surface area contributed by atoms with E-state index in [1.54, 1.807) is 0 Å². The number of benzene rings is 1. The molecule has 0 amide bonds. The van der Waals surface area contributed by atoms with E-state index < -0.39 is 74.3 Å². The summed E-state index contributed by atoms with van der Waals surface area (Å²) >= 11 is 0. The fourth-order valence-electron chi connectivity index (χ4n) is 3.89. The van der Waals surface area contributed by atoms with Crippen LogP contribution in [-0.4, -0.2) is 105 Å². The fourth-order valence-corrected chi connectivity index (χ4v) is 3.89. The largest absolute Gasteiger partial charge is 0.394 e. The summed E-state index contributed by atoms with van der Waals surface area (Å²) in [4.78, 5) is 0. The number of ether oxygens (including phenoxy) is 5. The minimum Gasteiger partial charge on any atom is -0.394 e. The number of hydrogen-bond donors (Lipinski definition) is 6. The first kappa shape index (κ1) is 23.0. The molecule has 3 aliphatic heterocycles. The molecule has 174 valence electrons. The summed E-state index contributed by atoms with van der Waals surface area (Å²) in [5.41, 5.74) is 1.83. The van der Waals surface area contributed by atoms with Crippen molar-refractivity contribution in [1.29, 1.82) is 0 Å². The van der Waals surface area contributed by atoms with Crippen molar-refractivity contribution in [3.05, 3.63) is 35.4 Å². The molecule has 11 atom stereocenters. The van der Waals surface area contributed by atoms with Gasteiger partial charge in [-0.1, -0.05) is 29.8 Å². The van der Waals surface area contributed by atoms with Crippen LogP contribution < -0.4 is 0 Å². The molecule has 0 spiro atoms. The highest BCUT2D eigenvalue weighted by Gasteiger charge is 2.52. The first-order chi connectivity index (χ1) is 14.8. The Bertz CT molecular complexity index is 726. The minimum absolute atomic E-state index is 0.0432. The Hall–Kier alpha value is -1.22. The van der Waals surface area contributed by atoms with E-state index >= 15 is 0 Å². The molecule has 11 heteroatoms. The smallest absolute Gasteiger partial charge is 0.189 e. The van der Waals surface area contributed by atoms with Crippen LogP contribution in [0.1, 0.15) is 17.4 Å². The Labute approximate surface area is 178 Å². The van der Waals surface area contributed by atoms with Crippen LogP contribution in [-0.2, 0) is 23.7 Å². The first-order valence-electron chi connectivity index (χ1n) is 10.1. The van der Waals surface area contributed by atoms with Gasteiger partial charge in [-0.15, -0.1) is 0 Å². The molecule has 1 aromatic rings. The molecule has 3 aliphatic rings. The molecule has 7 unspecified atom stereocenters. The SMILES string of the molecule is Cc1ccc(C2OC[C@H]3O[C@H](OC4O[C@H](CO)C(O)C(O)C4O)C(O)[C@@H](O)C3O2)cc1. The molecule has 0 bridgehead atoms. The average Bonchev–Trinajstić information content (AvgIpc) is 2.78. The minimum atomic E-state index is -1.67. The number of hydrogen-bond acceptors (Lipinski definition) is 11. The molecule has 6 N–H and O–H groups in total. The Morgan fingerprint density at radius 1 is 0.839 bits per heavy atom. The summed E-state index contributed by atoms with van der Waals surface area (Å²) in [7, 11) is 0. The Kier molecular flexibility index (Phi) is 6.91. The monoisotopic (exact) mass is 444 g/mol. The molecule has 0 aliphatic carbocycles. The van der Waals surface area contributed by atoms with E-state index in [0.29, 0.717) is 0 Å². The van der Waals surface area contributed by atoms with Gasteiger partial charge in [0, 0.05) is 5.56 Å². The zero-order chi connectivity index (χ0) is 22.3. The topological polar surface area (TPSA) is 168 Å². The number of aryl methyl sites for hydroxylation is 1. The zero-order valence-corrected chi connectivity index (χ0v) is 16.8. The zero-order valence-electron chi connectivity index (χ0n) is 16.8. The van der Waals surface area contributed by atoms with Crippen molar-refractivity contribution in [2.45, 2.75) is 74.6 Å². The van der Waals surface area contributed by atoms with Gasteiger partial charge in [-0.25, -0.2) is 0 Å². The third-order valence-electron chi connectivity index (χ3n) is 5.80. The van der Waals surface area contributed by atoms with Crippen LogP contribution in [0.4, 0.5) is 0 Å². The van der Waals surface area contributed by atoms with Crippen LogP contribution in [0.25, 0.3) is 0 Å². The second-order valence-corrected chi connectivity index (χ2v) is 8.03. The quantitative estimate of drug-likeness (QED) is 0.295. The fraction of sp³-hybridized carbons (Fsp3) is 0.700. The molecular weight excluding hydrogens is 416 g/mol. The summed E-state index contributed by atoms with van der Waals surface area (Å²) < 4.78 is 27.9. The van der Waals surface area contributed by atoms with E-state index in [2.05, 4.69) is 0 Å². The van der Waals surface area contributed by atoms with Gasteiger partial charge in [0.25, 0.3) is 0 Å². The normalized spacial score (nSPS) is 45.8. The summed E-state index contributed by atoms with van der Waals surface area (Å²) in [6, 6.07) is 7.50. The third kappa shape index (κ3) is 4.49. The molecular formula is C20H28O11. The average molecular weight is 444 g/mol. The highest BCUT2D eigenvalue weighted by molar-refractivity contribution is 5.22. The number of fused-ring (bicyclic) bond motifs is 1. The number of rotatable bonds is 4. The summed E-state index contributed by atoms with van der Waals surface area (Å²) in [5, 5.41) is 60.3. The maximum absolute atomic E-state index is 10.6. The van der Waals surface area contributed by atoms with Crippen molar-refractivity contribution in [1.82, 2.24) is 0 Å². The van der Waals surface area contributed by atoms with Crippen molar-refractivity contribution in [3.63, 3.8) is 0 Å². The maximum Gasteiger partial charge on any atom is 0.189 e. The van der Waals surface area contributed by atoms with Gasteiger partial charge < -0.3 is 54.3 Å². The van der Waals surface area contributed by atoms with Crippen molar-refractivity contribution < 1.29 is 54.3 Å². The predicted molar refractivity (Wildman–Crippen MR) is 100 cm³/mol. The standard InChI is InChI=1S/C20H28O11/c1-8-2-4-9(5-3-8)18-27-7-11-17(30-18)14(24)16(26)20(29-11)31-19-15(25)13(23)12(22)10(6-21)28-19/h2-5,10-26H,6-7H2,1H3/t10-,11-,12?,13?,14-,15?,16?,17?,18?,19?,20-/m1/s1. The van der Waals surface area contributed by atoms with Crippen LogP contribution in [0.2, 0.25) is 0 Å². The lowest BCUT2D eigenvalue weighted by Crippen LogP contribution is -2.65. The number of aliphatic hydroxyl groups excluding tert-OH is 6. The van der Waals surface area contributed by atoms with Gasteiger partial charge in [0.15, 0.2) is 18.9 Å². The molecule has 3 fully saturated rings. The molecule has 3 saturated heterocycles. The molecule has 0 saturated carbocycles. The van der Waals surface area contributed by atoms with Crippen molar-refractivity contribution in [2.75, 3.05) is 13.2 Å². The van der Waals surface area contributed by atoms with E-state index in [4.69, 9.17) is 23.7 Å². The molecule has 0 aromatic heterocycles. The van der Waals surface area contributed by atoms with E-state index in [1.165, 1.54) is 0 Å². The summed E-state index contributed by atoms with van der Waals surface area (Å²) in [6.45, 7) is 1.36. The number of aliphatic hydroxyl groups is 6. The molecule has 31 heavy (non-hydrogen) atoms. The van der Waals surface area contributed by atoms with E-state index in [-0.39, 0.29) is 6.61 Å². The second kappa shape index (κ2) is 9.33. The molecule has 3 heterocycles. The van der Waals surface area contributed by atoms with Crippen LogP contribution >= 0.6 is 0 Å². The summed E-state index contributed by atoms with van der Waals surface area (Å²) in [5.74, 6) is 0. The third-order valence-corrected chi connectivity index (χ3v) is 5.80. The van der Waals surface area contributed by atoms with Gasteiger partial charge in [0.1, 0.15) is 48.8 Å².